The van der Waals surface area contributed by atoms with E-state index >= 15 is 0 Å². The van der Waals surface area contributed by atoms with Crippen molar-refractivity contribution in [3.05, 3.63) is 48.6 Å². The van der Waals surface area contributed by atoms with Crippen LogP contribution in [0.1, 0.15) is 38.5 Å². The Hall–Kier alpha value is -1.04. The van der Waals surface area contributed by atoms with E-state index in [2.05, 4.69) is 48.6 Å². The first-order valence-electron chi connectivity index (χ1n) is 5.53. The van der Waals surface area contributed by atoms with Crippen molar-refractivity contribution in [3.63, 3.8) is 0 Å². The molecule has 0 aromatic heterocycles. The maximum absolute atomic E-state index is 3.32. The molecule has 0 fully saturated rings. The molecule has 0 aromatic rings. The zero-order chi connectivity index (χ0) is 9.90. The average molecular weight is 187 g/mol. The van der Waals surface area contributed by atoms with Crippen LogP contribution in [0.2, 0.25) is 0 Å². The van der Waals surface area contributed by atoms with Crippen LogP contribution in [0.4, 0.5) is 0 Å². The Morgan fingerprint density at radius 3 is 2.29 bits per heavy atom. The van der Waals surface area contributed by atoms with Crippen molar-refractivity contribution in [3.8, 4) is 0 Å². The summed E-state index contributed by atoms with van der Waals surface area (Å²) in [4.78, 5) is 0. The first kappa shape index (κ1) is 11.0. The van der Waals surface area contributed by atoms with Gasteiger partial charge in [0.15, 0.2) is 0 Å². The van der Waals surface area contributed by atoms with Gasteiger partial charge in [-0.1, -0.05) is 42.5 Å². The van der Waals surface area contributed by atoms with Gasteiger partial charge in [0.1, 0.15) is 0 Å². The standard InChI is InChI=1S/C14H19/c1-2-4-6-8-10-12-14-13-11-9-7-5-3-1/h1-6,14H,7-11,13H2/b2-1+,5-3-,6-4-,14-12?. The summed E-state index contributed by atoms with van der Waals surface area (Å²) in [5.41, 5.74) is 0. The molecule has 0 aromatic carbocycles. The third-order valence-corrected chi connectivity index (χ3v) is 2.17. The van der Waals surface area contributed by atoms with E-state index in [0.717, 1.165) is 12.8 Å². The molecule has 0 saturated carbocycles. The van der Waals surface area contributed by atoms with Crippen LogP contribution in [0.3, 0.4) is 0 Å². The normalized spacial score (nSPS) is 28.6. The summed E-state index contributed by atoms with van der Waals surface area (Å²) in [5.74, 6) is 0. The minimum Gasteiger partial charge on any atom is -0.0845 e. The lowest BCUT2D eigenvalue weighted by Crippen LogP contribution is -1.73. The largest absolute Gasteiger partial charge is 0.0845 e. The Balaban J connectivity index is 2.35. The molecule has 0 saturated heterocycles. The highest BCUT2D eigenvalue weighted by Gasteiger charge is 1.84. The minimum atomic E-state index is 1.06. The quantitative estimate of drug-likeness (QED) is 0.528. The van der Waals surface area contributed by atoms with E-state index in [9.17, 15) is 0 Å². The van der Waals surface area contributed by atoms with E-state index in [1.165, 1.54) is 25.7 Å². The van der Waals surface area contributed by atoms with Crippen molar-refractivity contribution in [1.29, 1.82) is 0 Å². The van der Waals surface area contributed by atoms with E-state index < -0.39 is 0 Å². The van der Waals surface area contributed by atoms with Gasteiger partial charge < -0.3 is 0 Å². The van der Waals surface area contributed by atoms with Crippen LogP contribution >= 0.6 is 0 Å². The molecule has 0 N–H and O–H groups in total. The Bertz CT molecular complexity index is 228. The molecule has 14 heavy (non-hydrogen) atoms. The smallest absolute Gasteiger partial charge is 0.0245 e. The highest BCUT2D eigenvalue weighted by molar-refractivity contribution is 5.11. The highest BCUT2D eigenvalue weighted by atomic mass is 13.9. The molecule has 0 amide bonds. The molecular weight excluding hydrogens is 168 g/mol. The van der Waals surface area contributed by atoms with E-state index in [0.29, 0.717) is 0 Å². The van der Waals surface area contributed by atoms with Gasteiger partial charge in [0.05, 0.1) is 0 Å². The summed E-state index contributed by atoms with van der Waals surface area (Å²) < 4.78 is 0. The molecule has 0 nitrogen and oxygen atoms in total. The van der Waals surface area contributed by atoms with Crippen LogP contribution in [0.5, 0.6) is 0 Å². The van der Waals surface area contributed by atoms with Gasteiger partial charge in [-0.05, 0) is 44.6 Å². The molecule has 0 bridgehead atoms. The maximum Gasteiger partial charge on any atom is -0.0245 e. The summed E-state index contributed by atoms with van der Waals surface area (Å²) in [6, 6.07) is 0. The predicted molar refractivity (Wildman–Crippen MR) is 62.9 cm³/mol. The third-order valence-electron chi connectivity index (χ3n) is 2.17. The number of allylic oxidation sites excluding steroid dienone is 8. The maximum atomic E-state index is 3.32. The van der Waals surface area contributed by atoms with Crippen molar-refractivity contribution in [2.45, 2.75) is 38.5 Å². The van der Waals surface area contributed by atoms with Gasteiger partial charge in [-0.25, -0.2) is 0 Å². The molecule has 0 heterocycles. The molecule has 75 valence electrons. The minimum absolute atomic E-state index is 1.06. The fraction of sp³-hybridized carbons (Fsp3) is 0.429. The average Bonchev–Trinajstić information content (AvgIpc) is 2.22. The first-order valence-corrected chi connectivity index (χ1v) is 5.53. The predicted octanol–water partition coefficient (Wildman–Crippen LogP) is 4.37. The van der Waals surface area contributed by atoms with E-state index in [1.54, 1.807) is 0 Å². The number of hydrogen-bond donors (Lipinski definition) is 0. The second-order valence-electron chi connectivity index (χ2n) is 3.47. The monoisotopic (exact) mass is 187 g/mol. The second-order valence-corrected chi connectivity index (χ2v) is 3.47. The van der Waals surface area contributed by atoms with Crippen LogP contribution in [0, 0.1) is 6.08 Å². The first-order chi connectivity index (χ1) is 7.00. The molecule has 1 aliphatic carbocycles. The van der Waals surface area contributed by atoms with Gasteiger partial charge in [-0.15, -0.1) is 0 Å². The lowest BCUT2D eigenvalue weighted by Gasteiger charge is -1.93. The number of rotatable bonds is 0. The van der Waals surface area contributed by atoms with Gasteiger partial charge >= 0.3 is 0 Å². The molecule has 1 aliphatic rings. The van der Waals surface area contributed by atoms with Gasteiger partial charge in [0.25, 0.3) is 0 Å². The molecule has 1 radical (unpaired) electrons. The van der Waals surface area contributed by atoms with Crippen LogP contribution < -0.4 is 0 Å². The topological polar surface area (TPSA) is 0 Å². The fourth-order valence-electron chi connectivity index (χ4n) is 1.36. The fourth-order valence-corrected chi connectivity index (χ4v) is 1.36. The molecule has 0 aliphatic heterocycles. The Morgan fingerprint density at radius 2 is 1.43 bits per heavy atom. The number of hydrogen-bond acceptors (Lipinski definition) is 0. The summed E-state index contributed by atoms with van der Waals surface area (Å²) in [6.07, 6.45) is 25.5. The SMILES string of the molecule is [C]1=C/CCCC\C=C/C=C/C=C\CC/1. The Labute approximate surface area is 87.7 Å². The molecule has 0 spiro atoms. The van der Waals surface area contributed by atoms with Crippen molar-refractivity contribution in [2.75, 3.05) is 0 Å². The molecule has 0 atom stereocenters. The lowest BCUT2D eigenvalue weighted by molar-refractivity contribution is 0.759. The molecular formula is C14H19. The zero-order valence-corrected chi connectivity index (χ0v) is 8.78. The van der Waals surface area contributed by atoms with Gasteiger partial charge in [-0.2, -0.15) is 0 Å². The van der Waals surface area contributed by atoms with Crippen LogP contribution in [-0.4, -0.2) is 0 Å². The molecule has 0 heteroatoms. The van der Waals surface area contributed by atoms with E-state index in [4.69, 9.17) is 0 Å². The van der Waals surface area contributed by atoms with Crippen LogP contribution in [0.15, 0.2) is 42.5 Å². The van der Waals surface area contributed by atoms with Gasteiger partial charge in [0.2, 0.25) is 0 Å². The molecule has 1 rings (SSSR count). The third kappa shape index (κ3) is 6.47. The second kappa shape index (κ2) is 8.55. The Kier molecular flexibility index (Phi) is 6.74. The summed E-state index contributed by atoms with van der Waals surface area (Å²) in [7, 11) is 0. The summed E-state index contributed by atoms with van der Waals surface area (Å²) in [6.45, 7) is 0. The van der Waals surface area contributed by atoms with Crippen molar-refractivity contribution < 1.29 is 0 Å². The van der Waals surface area contributed by atoms with Crippen molar-refractivity contribution >= 4 is 0 Å². The van der Waals surface area contributed by atoms with Gasteiger partial charge in [0, 0.05) is 0 Å². The zero-order valence-electron chi connectivity index (χ0n) is 8.78. The molecule has 0 unspecified atom stereocenters. The van der Waals surface area contributed by atoms with Gasteiger partial charge in [-0.3, -0.25) is 0 Å². The van der Waals surface area contributed by atoms with Crippen molar-refractivity contribution in [2.24, 2.45) is 0 Å². The summed E-state index contributed by atoms with van der Waals surface area (Å²) >= 11 is 0. The highest BCUT2D eigenvalue weighted by Crippen LogP contribution is 2.03. The van der Waals surface area contributed by atoms with E-state index in [-0.39, 0.29) is 0 Å². The summed E-state index contributed by atoms with van der Waals surface area (Å²) in [5, 5.41) is 0. The lowest BCUT2D eigenvalue weighted by atomic mass is 10.1. The van der Waals surface area contributed by atoms with E-state index in [1.807, 2.05) is 0 Å². The Morgan fingerprint density at radius 1 is 0.714 bits per heavy atom. The van der Waals surface area contributed by atoms with Crippen LogP contribution in [0.25, 0.3) is 0 Å². The van der Waals surface area contributed by atoms with Crippen molar-refractivity contribution in [1.82, 2.24) is 0 Å². The van der Waals surface area contributed by atoms with Crippen LogP contribution in [-0.2, 0) is 0 Å².